The van der Waals surface area contributed by atoms with E-state index < -0.39 is 0 Å². The Morgan fingerprint density at radius 2 is 2.42 bits per heavy atom. The molecule has 0 aromatic carbocycles. The number of hydrogen-bond donors (Lipinski definition) is 1. The summed E-state index contributed by atoms with van der Waals surface area (Å²) in [5, 5.41) is 4.46. The summed E-state index contributed by atoms with van der Waals surface area (Å²) in [5.41, 5.74) is 0. The third-order valence-electron chi connectivity index (χ3n) is 1.91. The molecule has 1 aromatic rings. The Morgan fingerprint density at radius 1 is 1.67 bits per heavy atom. The second-order valence-electron chi connectivity index (χ2n) is 2.91. The molecule has 1 heterocycles. The van der Waals surface area contributed by atoms with Crippen molar-refractivity contribution in [3.05, 3.63) is 16.1 Å². The molecule has 0 amide bonds. The Bertz CT molecular complexity index is 232. The zero-order valence-electron chi connectivity index (χ0n) is 7.92. The quantitative estimate of drug-likeness (QED) is 0.777. The highest BCUT2D eigenvalue weighted by Gasteiger charge is 2.09. The summed E-state index contributed by atoms with van der Waals surface area (Å²) in [7, 11) is 2.01. The van der Waals surface area contributed by atoms with Crippen molar-refractivity contribution in [1.82, 2.24) is 10.3 Å². The van der Waals surface area contributed by atoms with Crippen LogP contribution in [0.1, 0.15) is 35.7 Å². The van der Waals surface area contributed by atoms with Gasteiger partial charge in [0, 0.05) is 17.1 Å². The van der Waals surface area contributed by atoms with Crippen LogP contribution in [0.15, 0.2) is 6.20 Å². The first-order valence-electron chi connectivity index (χ1n) is 4.37. The second kappa shape index (κ2) is 4.58. The molecule has 1 unspecified atom stereocenters. The van der Waals surface area contributed by atoms with Gasteiger partial charge in [-0.3, -0.25) is 0 Å². The fourth-order valence-corrected chi connectivity index (χ4v) is 2.19. The third kappa shape index (κ3) is 2.29. The van der Waals surface area contributed by atoms with Crippen LogP contribution in [0.2, 0.25) is 0 Å². The molecule has 3 heteroatoms. The zero-order valence-corrected chi connectivity index (χ0v) is 8.74. The number of thiazole rings is 1. The van der Waals surface area contributed by atoms with Crippen LogP contribution in [0.3, 0.4) is 0 Å². The summed E-state index contributed by atoms with van der Waals surface area (Å²) >= 11 is 1.79. The highest BCUT2D eigenvalue weighted by atomic mass is 32.1. The van der Waals surface area contributed by atoms with E-state index in [-0.39, 0.29) is 0 Å². The molecule has 0 aliphatic rings. The molecule has 0 saturated carbocycles. The van der Waals surface area contributed by atoms with Gasteiger partial charge in [-0.25, -0.2) is 4.98 Å². The summed E-state index contributed by atoms with van der Waals surface area (Å²) in [6.07, 6.45) is 4.39. The number of hydrogen-bond acceptors (Lipinski definition) is 3. The lowest BCUT2D eigenvalue weighted by Gasteiger charge is -2.11. The first kappa shape index (κ1) is 9.68. The molecule has 0 aliphatic carbocycles. The molecule has 12 heavy (non-hydrogen) atoms. The summed E-state index contributed by atoms with van der Waals surface area (Å²) in [6, 6.07) is 0.501. The third-order valence-corrected chi connectivity index (χ3v) is 2.93. The SMILES string of the molecule is CCCC(NC)c1cnc(C)s1. The van der Waals surface area contributed by atoms with Crippen molar-refractivity contribution < 1.29 is 0 Å². The molecule has 1 aromatic heterocycles. The topological polar surface area (TPSA) is 24.9 Å². The van der Waals surface area contributed by atoms with Crippen molar-refractivity contribution in [1.29, 1.82) is 0 Å². The molecule has 1 rings (SSSR count). The molecule has 0 radical (unpaired) electrons. The van der Waals surface area contributed by atoms with Crippen molar-refractivity contribution >= 4 is 11.3 Å². The van der Waals surface area contributed by atoms with Crippen molar-refractivity contribution in [3.8, 4) is 0 Å². The molecule has 1 atom stereocenters. The van der Waals surface area contributed by atoms with Gasteiger partial charge in [0.25, 0.3) is 0 Å². The van der Waals surface area contributed by atoms with Gasteiger partial charge in [0.2, 0.25) is 0 Å². The Labute approximate surface area is 78.0 Å². The van der Waals surface area contributed by atoms with Crippen molar-refractivity contribution in [3.63, 3.8) is 0 Å². The van der Waals surface area contributed by atoms with Crippen LogP contribution >= 0.6 is 11.3 Å². The van der Waals surface area contributed by atoms with E-state index in [1.165, 1.54) is 17.7 Å². The van der Waals surface area contributed by atoms with Crippen molar-refractivity contribution in [2.45, 2.75) is 32.7 Å². The van der Waals surface area contributed by atoms with Crippen LogP contribution in [0, 0.1) is 6.92 Å². The summed E-state index contributed by atoms with van der Waals surface area (Å²) in [4.78, 5) is 5.60. The van der Waals surface area contributed by atoms with E-state index in [1.54, 1.807) is 11.3 Å². The lowest BCUT2D eigenvalue weighted by Crippen LogP contribution is -2.14. The normalized spacial score (nSPS) is 13.2. The summed E-state index contributed by atoms with van der Waals surface area (Å²) in [5.74, 6) is 0. The van der Waals surface area contributed by atoms with Gasteiger partial charge in [0.1, 0.15) is 0 Å². The van der Waals surface area contributed by atoms with Gasteiger partial charge < -0.3 is 5.32 Å². The Kier molecular flexibility index (Phi) is 3.69. The van der Waals surface area contributed by atoms with Gasteiger partial charge >= 0.3 is 0 Å². The van der Waals surface area contributed by atoms with Gasteiger partial charge in [0.05, 0.1) is 5.01 Å². The minimum Gasteiger partial charge on any atom is -0.312 e. The van der Waals surface area contributed by atoms with Gasteiger partial charge in [-0.15, -0.1) is 11.3 Å². The number of rotatable bonds is 4. The predicted molar refractivity (Wildman–Crippen MR) is 53.6 cm³/mol. The van der Waals surface area contributed by atoms with E-state index in [1.807, 2.05) is 20.2 Å². The van der Waals surface area contributed by atoms with Crippen LogP contribution in [-0.2, 0) is 0 Å². The Hall–Kier alpha value is -0.410. The molecule has 68 valence electrons. The minimum absolute atomic E-state index is 0.501. The van der Waals surface area contributed by atoms with Gasteiger partial charge in [-0.2, -0.15) is 0 Å². The highest BCUT2D eigenvalue weighted by Crippen LogP contribution is 2.23. The number of aromatic nitrogens is 1. The molecule has 2 nitrogen and oxygen atoms in total. The van der Waals surface area contributed by atoms with E-state index in [0.717, 1.165) is 5.01 Å². The van der Waals surface area contributed by atoms with Crippen LogP contribution in [0.4, 0.5) is 0 Å². The molecule has 0 bridgehead atoms. The molecule has 0 aliphatic heterocycles. The number of nitrogens with zero attached hydrogens (tertiary/aromatic N) is 1. The first-order chi connectivity index (χ1) is 5.77. The maximum absolute atomic E-state index is 4.25. The maximum atomic E-state index is 4.25. The average molecular weight is 184 g/mol. The van der Waals surface area contributed by atoms with E-state index in [0.29, 0.717) is 6.04 Å². The highest BCUT2D eigenvalue weighted by molar-refractivity contribution is 7.11. The van der Waals surface area contributed by atoms with Crippen LogP contribution < -0.4 is 5.32 Å². The fraction of sp³-hybridized carbons (Fsp3) is 0.667. The Balaban J connectivity index is 2.66. The van der Waals surface area contributed by atoms with Crippen molar-refractivity contribution in [2.24, 2.45) is 0 Å². The van der Waals surface area contributed by atoms with Gasteiger partial charge in [-0.05, 0) is 20.4 Å². The monoisotopic (exact) mass is 184 g/mol. The van der Waals surface area contributed by atoms with Crippen molar-refractivity contribution in [2.75, 3.05) is 7.05 Å². The standard InChI is InChI=1S/C9H16N2S/c1-4-5-8(10-3)9-6-11-7(2)12-9/h6,8,10H,4-5H2,1-3H3. The van der Waals surface area contributed by atoms with Gasteiger partial charge in [0.15, 0.2) is 0 Å². The van der Waals surface area contributed by atoms with E-state index in [9.17, 15) is 0 Å². The lowest BCUT2D eigenvalue weighted by molar-refractivity contribution is 0.549. The van der Waals surface area contributed by atoms with Crippen LogP contribution in [0.5, 0.6) is 0 Å². The molecule has 1 N–H and O–H groups in total. The van der Waals surface area contributed by atoms with Crippen LogP contribution in [-0.4, -0.2) is 12.0 Å². The van der Waals surface area contributed by atoms with E-state index in [2.05, 4.69) is 17.2 Å². The Morgan fingerprint density at radius 3 is 2.83 bits per heavy atom. The maximum Gasteiger partial charge on any atom is 0.0897 e. The molecule has 0 saturated heterocycles. The summed E-state index contributed by atoms with van der Waals surface area (Å²) in [6.45, 7) is 4.26. The minimum atomic E-state index is 0.501. The lowest BCUT2D eigenvalue weighted by atomic mass is 10.1. The smallest absolute Gasteiger partial charge is 0.0897 e. The molecular weight excluding hydrogens is 168 g/mol. The van der Waals surface area contributed by atoms with Gasteiger partial charge in [-0.1, -0.05) is 13.3 Å². The zero-order chi connectivity index (χ0) is 8.97. The predicted octanol–water partition coefficient (Wildman–Crippen LogP) is 2.51. The summed E-state index contributed by atoms with van der Waals surface area (Å²) < 4.78 is 0. The molecular formula is C9H16N2S. The van der Waals surface area contributed by atoms with E-state index >= 15 is 0 Å². The molecule has 0 spiro atoms. The first-order valence-corrected chi connectivity index (χ1v) is 5.19. The number of nitrogens with one attached hydrogen (secondary N) is 1. The van der Waals surface area contributed by atoms with E-state index in [4.69, 9.17) is 0 Å². The molecule has 0 fully saturated rings. The second-order valence-corrected chi connectivity index (χ2v) is 4.18. The average Bonchev–Trinajstić information content (AvgIpc) is 2.47. The van der Waals surface area contributed by atoms with Crippen LogP contribution in [0.25, 0.3) is 0 Å². The largest absolute Gasteiger partial charge is 0.312 e. The number of aryl methyl sites for hydroxylation is 1. The fourth-order valence-electron chi connectivity index (χ4n) is 1.26.